The Bertz CT molecular complexity index is 1230. The van der Waals surface area contributed by atoms with E-state index in [1.165, 1.54) is 7.11 Å². The summed E-state index contributed by atoms with van der Waals surface area (Å²) in [6, 6.07) is 17.4. The maximum atomic E-state index is 13.1. The topological polar surface area (TPSA) is 116 Å². The molecular formula is C23H24N2O5S. The van der Waals surface area contributed by atoms with Crippen LogP contribution in [0.25, 0.3) is 21.9 Å². The fourth-order valence-electron chi connectivity index (χ4n) is 3.40. The molecule has 3 N–H and O–H groups in total. The number of hydrogen-bond acceptors (Lipinski definition) is 6. The third kappa shape index (κ3) is 5.40. The highest BCUT2D eigenvalue weighted by Gasteiger charge is 2.25. The number of nitrogens with one attached hydrogen (secondary N) is 1. The molecule has 0 saturated carbocycles. The van der Waals surface area contributed by atoms with Crippen molar-refractivity contribution in [2.24, 2.45) is 0 Å². The molecule has 3 aromatic rings. The molecular weight excluding hydrogens is 416 g/mol. The van der Waals surface area contributed by atoms with Crippen LogP contribution in [0.2, 0.25) is 0 Å². The van der Waals surface area contributed by atoms with Crippen molar-refractivity contribution >= 4 is 38.2 Å². The number of fused-ring (bicyclic) bond motifs is 1. The molecule has 1 atom stereocenters. The van der Waals surface area contributed by atoms with E-state index < -0.39 is 27.8 Å². The molecule has 0 aromatic heterocycles. The predicted molar refractivity (Wildman–Crippen MR) is 121 cm³/mol. The van der Waals surface area contributed by atoms with Crippen LogP contribution in [0.5, 0.6) is 0 Å². The van der Waals surface area contributed by atoms with E-state index >= 15 is 0 Å². The van der Waals surface area contributed by atoms with Crippen LogP contribution in [0.4, 0.5) is 5.69 Å². The number of esters is 1. The fourth-order valence-corrected chi connectivity index (χ4v) is 4.07. The van der Waals surface area contributed by atoms with E-state index in [0.29, 0.717) is 16.8 Å². The number of anilines is 1. The maximum Gasteiger partial charge on any atom is 0.328 e. The predicted octanol–water partition coefficient (Wildman–Crippen LogP) is 2.80. The van der Waals surface area contributed by atoms with Crippen LogP contribution >= 0.6 is 0 Å². The average molecular weight is 441 g/mol. The summed E-state index contributed by atoms with van der Waals surface area (Å²) in [5.74, 6) is -1.49. The lowest BCUT2D eigenvalue weighted by molar-refractivity contribution is -0.142. The number of ether oxygens (including phenoxy) is 1. The standard InChI is InChI=1S/C23H24N2O5S/c1-30-23(27)21(12-13-31(2,28)29)25-22(26)19-11-10-16(24)14-20(19)18-9-5-7-15-6-3-4-8-17(15)18/h3-11,14,21H,12-13,24H2,1-2H3,(H,25,26)/t21-/m1/s1. The van der Waals surface area contributed by atoms with Crippen LogP contribution in [0.3, 0.4) is 0 Å². The molecule has 0 bridgehead atoms. The van der Waals surface area contributed by atoms with Crippen LogP contribution in [0.1, 0.15) is 16.8 Å². The maximum absolute atomic E-state index is 13.1. The number of methoxy groups -OCH3 is 1. The number of carbonyl (C=O) groups is 2. The molecule has 0 aliphatic heterocycles. The lowest BCUT2D eigenvalue weighted by Gasteiger charge is -2.18. The summed E-state index contributed by atoms with van der Waals surface area (Å²) in [6.07, 6.45) is 0.984. The zero-order valence-corrected chi connectivity index (χ0v) is 18.1. The molecule has 3 rings (SSSR count). The van der Waals surface area contributed by atoms with Crippen molar-refractivity contribution in [2.75, 3.05) is 24.9 Å². The van der Waals surface area contributed by atoms with E-state index in [1.54, 1.807) is 18.2 Å². The molecule has 0 spiro atoms. The van der Waals surface area contributed by atoms with Gasteiger partial charge in [-0.05, 0) is 46.5 Å². The van der Waals surface area contributed by atoms with Crippen LogP contribution < -0.4 is 11.1 Å². The number of nitrogen functional groups attached to an aromatic ring is 1. The van der Waals surface area contributed by atoms with Gasteiger partial charge in [-0.25, -0.2) is 13.2 Å². The van der Waals surface area contributed by atoms with Crippen molar-refractivity contribution in [3.05, 3.63) is 66.2 Å². The number of benzene rings is 3. The molecule has 1 amide bonds. The van der Waals surface area contributed by atoms with Gasteiger partial charge in [-0.1, -0.05) is 42.5 Å². The molecule has 0 saturated heterocycles. The summed E-state index contributed by atoms with van der Waals surface area (Å²) in [4.78, 5) is 25.3. The Morgan fingerprint density at radius 1 is 1.03 bits per heavy atom. The van der Waals surface area contributed by atoms with E-state index in [4.69, 9.17) is 10.5 Å². The highest BCUT2D eigenvalue weighted by atomic mass is 32.2. The molecule has 162 valence electrons. The minimum atomic E-state index is -3.32. The summed E-state index contributed by atoms with van der Waals surface area (Å²) in [7, 11) is -2.13. The lowest BCUT2D eigenvalue weighted by Crippen LogP contribution is -2.42. The molecule has 0 aliphatic carbocycles. The van der Waals surface area contributed by atoms with Gasteiger partial charge in [-0.15, -0.1) is 0 Å². The first-order valence-corrected chi connectivity index (χ1v) is 11.7. The fraction of sp³-hybridized carbons (Fsp3) is 0.217. The van der Waals surface area contributed by atoms with Gasteiger partial charge >= 0.3 is 5.97 Å². The molecule has 0 heterocycles. The Morgan fingerprint density at radius 3 is 2.45 bits per heavy atom. The van der Waals surface area contributed by atoms with E-state index in [-0.39, 0.29) is 12.2 Å². The molecule has 31 heavy (non-hydrogen) atoms. The van der Waals surface area contributed by atoms with Gasteiger partial charge in [0.25, 0.3) is 5.91 Å². The van der Waals surface area contributed by atoms with Gasteiger partial charge in [0, 0.05) is 17.5 Å². The lowest BCUT2D eigenvalue weighted by atomic mass is 9.93. The molecule has 7 nitrogen and oxygen atoms in total. The number of carbonyl (C=O) groups excluding carboxylic acids is 2. The number of amides is 1. The molecule has 0 aliphatic rings. The second kappa shape index (κ2) is 9.18. The highest BCUT2D eigenvalue weighted by Crippen LogP contribution is 2.32. The zero-order chi connectivity index (χ0) is 22.6. The van der Waals surface area contributed by atoms with Crippen molar-refractivity contribution in [1.29, 1.82) is 0 Å². The first-order valence-electron chi connectivity index (χ1n) is 9.63. The molecule has 8 heteroatoms. The summed E-state index contributed by atoms with van der Waals surface area (Å²) < 4.78 is 27.8. The van der Waals surface area contributed by atoms with Gasteiger partial charge in [0.1, 0.15) is 15.9 Å². The summed E-state index contributed by atoms with van der Waals surface area (Å²) >= 11 is 0. The van der Waals surface area contributed by atoms with E-state index in [9.17, 15) is 18.0 Å². The Hall–Kier alpha value is -3.39. The number of sulfone groups is 1. The van der Waals surface area contributed by atoms with Crippen LogP contribution in [-0.2, 0) is 19.4 Å². The van der Waals surface area contributed by atoms with Crippen LogP contribution in [0.15, 0.2) is 60.7 Å². The number of nitrogens with two attached hydrogens (primary N) is 1. The second-order valence-electron chi connectivity index (χ2n) is 7.30. The van der Waals surface area contributed by atoms with Gasteiger partial charge in [-0.2, -0.15) is 0 Å². The van der Waals surface area contributed by atoms with Crippen molar-refractivity contribution in [3.63, 3.8) is 0 Å². The van der Waals surface area contributed by atoms with Crippen LogP contribution in [0, 0.1) is 0 Å². The molecule has 0 fully saturated rings. The first kappa shape index (κ1) is 22.3. The Kier molecular flexibility index (Phi) is 6.60. The SMILES string of the molecule is COC(=O)[C@@H](CCS(C)(=O)=O)NC(=O)c1ccc(N)cc1-c1cccc2ccccc12. The minimum absolute atomic E-state index is 0.0875. The van der Waals surface area contributed by atoms with Crippen LogP contribution in [-0.4, -0.2) is 45.5 Å². The van der Waals surface area contributed by atoms with Gasteiger partial charge in [0.15, 0.2) is 0 Å². The van der Waals surface area contributed by atoms with E-state index in [1.807, 2.05) is 42.5 Å². The second-order valence-corrected chi connectivity index (χ2v) is 9.56. The molecule has 0 radical (unpaired) electrons. The van der Waals surface area contributed by atoms with Gasteiger partial charge in [0.05, 0.1) is 12.9 Å². The minimum Gasteiger partial charge on any atom is -0.467 e. The molecule has 0 unspecified atom stereocenters. The number of hydrogen-bond donors (Lipinski definition) is 2. The van der Waals surface area contributed by atoms with E-state index in [0.717, 1.165) is 22.6 Å². The third-order valence-corrected chi connectivity index (χ3v) is 5.91. The highest BCUT2D eigenvalue weighted by molar-refractivity contribution is 7.90. The van der Waals surface area contributed by atoms with Crippen molar-refractivity contribution in [2.45, 2.75) is 12.5 Å². The summed E-state index contributed by atoms with van der Waals surface area (Å²) in [6.45, 7) is 0. The average Bonchev–Trinajstić information content (AvgIpc) is 2.74. The van der Waals surface area contributed by atoms with Crippen molar-refractivity contribution < 1.29 is 22.7 Å². The summed E-state index contributed by atoms with van der Waals surface area (Å²) in [5.41, 5.74) is 8.24. The largest absolute Gasteiger partial charge is 0.467 e. The Labute approximate surface area is 181 Å². The van der Waals surface area contributed by atoms with Crippen molar-refractivity contribution in [3.8, 4) is 11.1 Å². The molecule has 3 aromatic carbocycles. The van der Waals surface area contributed by atoms with Gasteiger partial charge in [-0.3, -0.25) is 4.79 Å². The zero-order valence-electron chi connectivity index (χ0n) is 17.3. The summed E-state index contributed by atoms with van der Waals surface area (Å²) in [5, 5.41) is 4.57. The normalized spacial score (nSPS) is 12.3. The Morgan fingerprint density at radius 2 is 1.74 bits per heavy atom. The van der Waals surface area contributed by atoms with Gasteiger partial charge in [0.2, 0.25) is 0 Å². The van der Waals surface area contributed by atoms with Gasteiger partial charge < -0.3 is 15.8 Å². The van der Waals surface area contributed by atoms with Crippen molar-refractivity contribution in [1.82, 2.24) is 5.32 Å². The monoisotopic (exact) mass is 440 g/mol. The smallest absolute Gasteiger partial charge is 0.328 e. The first-order chi connectivity index (χ1) is 14.7. The quantitative estimate of drug-likeness (QED) is 0.431. The van der Waals surface area contributed by atoms with E-state index in [2.05, 4.69) is 5.32 Å². The Balaban J connectivity index is 2.01. The number of rotatable bonds is 7. The third-order valence-electron chi connectivity index (χ3n) is 4.94.